The molecule has 1 aromatic heterocycles. The molecule has 1 heterocycles. The summed E-state index contributed by atoms with van der Waals surface area (Å²) in [6.07, 6.45) is -2.59. The van der Waals surface area contributed by atoms with Gasteiger partial charge in [-0.05, 0) is 6.92 Å². The highest BCUT2D eigenvalue weighted by Gasteiger charge is 2.27. The number of hydrogen-bond donors (Lipinski definition) is 2. The molecule has 21 heavy (non-hydrogen) atoms. The lowest BCUT2D eigenvalue weighted by molar-refractivity contribution is 0.0529. The van der Waals surface area contributed by atoms with Crippen LogP contribution in [0.4, 0.5) is 19.5 Å². The Morgan fingerprint density at radius 2 is 2.00 bits per heavy atom. The maximum Gasteiger partial charge on any atom is 0.343 e. The Labute approximate surface area is 125 Å². The molecule has 8 heteroatoms. The van der Waals surface area contributed by atoms with Crippen molar-refractivity contribution in [1.82, 2.24) is 0 Å². The maximum absolute atomic E-state index is 12.3. The molecular weight excluding hydrogens is 302 g/mol. The largest absolute Gasteiger partial charge is 0.462 e. The van der Waals surface area contributed by atoms with E-state index in [1.807, 2.05) is 0 Å². The van der Waals surface area contributed by atoms with Crippen molar-refractivity contribution in [3.8, 4) is 0 Å². The predicted octanol–water partition coefficient (Wildman–Crippen LogP) is 3.02. The summed E-state index contributed by atoms with van der Waals surface area (Å²) in [6, 6.07) is 0. The zero-order valence-electron chi connectivity index (χ0n) is 12.0. The van der Waals surface area contributed by atoms with Crippen molar-refractivity contribution in [2.75, 3.05) is 24.2 Å². The first-order valence-corrected chi connectivity index (χ1v) is 7.26. The molecule has 118 valence electrons. The summed E-state index contributed by atoms with van der Waals surface area (Å²) in [5.74, 6) is -1.29. The molecule has 0 radical (unpaired) electrons. The summed E-state index contributed by atoms with van der Waals surface area (Å²) in [6.45, 7) is 4.49. The minimum atomic E-state index is -2.59. The van der Waals surface area contributed by atoms with E-state index in [4.69, 9.17) is 10.5 Å². The number of carbonyl (C=O) groups excluding carboxylic acids is 2. The number of hydrogen-bond acceptors (Lipinski definition) is 6. The Bertz CT molecular complexity index is 530. The van der Waals surface area contributed by atoms with Gasteiger partial charge in [0.2, 0.25) is 0 Å². The first-order valence-electron chi connectivity index (χ1n) is 6.45. The SMILES string of the molecule is CCOC(=O)c1c(NCC(F)F)sc(C(=O)C(C)C)c1N. The van der Waals surface area contributed by atoms with E-state index in [9.17, 15) is 18.4 Å². The van der Waals surface area contributed by atoms with Crippen molar-refractivity contribution < 1.29 is 23.1 Å². The quantitative estimate of drug-likeness (QED) is 0.596. The van der Waals surface area contributed by atoms with E-state index in [1.54, 1.807) is 20.8 Å². The second-order valence-electron chi connectivity index (χ2n) is 4.56. The number of nitrogens with two attached hydrogens (primary N) is 1. The van der Waals surface area contributed by atoms with E-state index < -0.39 is 18.9 Å². The Kier molecular flexibility index (Phi) is 6.07. The normalized spacial score (nSPS) is 11.0. The molecule has 0 aromatic carbocycles. The highest BCUT2D eigenvalue weighted by atomic mass is 32.1. The number of ether oxygens (including phenoxy) is 1. The van der Waals surface area contributed by atoms with Gasteiger partial charge in [-0.2, -0.15) is 0 Å². The molecule has 0 fully saturated rings. The molecule has 0 bridgehead atoms. The van der Waals surface area contributed by atoms with Crippen LogP contribution in [0.3, 0.4) is 0 Å². The molecule has 0 saturated heterocycles. The second kappa shape index (κ2) is 7.35. The van der Waals surface area contributed by atoms with Crippen molar-refractivity contribution in [2.24, 2.45) is 5.92 Å². The van der Waals surface area contributed by atoms with Gasteiger partial charge in [0.05, 0.1) is 23.7 Å². The lowest BCUT2D eigenvalue weighted by Gasteiger charge is -2.07. The summed E-state index contributed by atoms with van der Waals surface area (Å²) in [4.78, 5) is 24.1. The number of Topliss-reactive ketones (excluding diaryl/α,β-unsaturated/α-hetero) is 1. The van der Waals surface area contributed by atoms with Gasteiger partial charge >= 0.3 is 5.97 Å². The molecule has 5 nitrogen and oxygen atoms in total. The van der Waals surface area contributed by atoms with Crippen LogP contribution in [-0.2, 0) is 4.74 Å². The minimum absolute atomic E-state index is 0.0195. The molecule has 1 rings (SSSR count). The number of ketones is 1. The maximum atomic E-state index is 12.3. The van der Waals surface area contributed by atoms with Gasteiger partial charge in [0.25, 0.3) is 6.43 Å². The van der Waals surface area contributed by atoms with Crippen LogP contribution >= 0.6 is 11.3 Å². The van der Waals surface area contributed by atoms with Gasteiger partial charge in [-0.1, -0.05) is 13.8 Å². The van der Waals surface area contributed by atoms with Crippen LogP contribution in [0.5, 0.6) is 0 Å². The smallest absolute Gasteiger partial charge is 0.343 e. The van der Waals surface area contributed by atoms with Gasteiger partial charge in [0.1, 0.15) is 10.6 Å². The van der Waals surface area contributed by atoms with Crippen molar-refractivity contribution in [2.45, 2.75) is 27.2 Å². The number of halogens is 2. The first-order chi connectivity index (χ1) is 9.79. The van der Waals surface area contributed by atoms with Crippen LogP contribution in [-0.4, -0.2) is 31.3 Å². The molecule has 1 aromatic rings. The van der Waals surface area contributed by atoms with Crippen molar-refractivity contribution in [1.29, 1.82) is 0 Å². The third-order valence-electron chi connectivity index (χ3n) is 2.59. The number of anilines is 2. The van der Waals surface area contributed by atoms with Crippen LogP contribution in [0.2, 0.25) is 0 Å². The van der Waals surface area contributed by atoms with E-state index in [0.29, 0.717) is 0 Å². The Morgan fingerprint density at radius 3 is 2.48 bits per heavy atom. The minimum Gasteiger partial charge on any atom is -0.462 e. The number of carbonyl (C=O) groups is 2. The summed E-state index contributed by atoms with van der Waals surface area (Å²) < 4.78 is 29.5. The van der Waals surface area contributed by atoms with Gasteiger partial charge in [0, 0.05) is 5.92 Å². The predicted molar refractivity (Wildman–Crippen MR) is 78.4 cm³/mol. The summed E-state index contributed by atoms with van der Waals surface area (Å²) in [5, 5.41) is 2.58. The Balaban J connectivity index is 3.23. The number of alkyl halides is 2. The summed E-state index contributed by atoms with van der Waals surface area (Å²) in [7, 11) is 0. The molecule has 0 amide bonds. The average molecular weight is 320 g/mol. The number of rotatable bonds is 7. The zero-order valence-corrected chi connectivity index (χ0v) is 12.9. The standard InChI is InChI=1S/C13H18F2N2O3S/c1-4-20-13(19)8-9(16)11(10(18)6(2)3)21-12(8)17-5-7(14)15/h6-7,17H,4-5,16H2,1-3H3. The first kappa shape index (κ1) is 17.4. The molecule has 0 aliphatic heterocycles. The highest BCUT2D eigenvalue weighted by molar-refractivity contribution is 7.19. The van der Waals surface area contributed by atoms with Gasteiger partial charge in [-0.25, -0.2) is 13.6 Å². The monoisotopic (exact) mass is 320 g/mol. The lowest BCUT2D eigenvalue weighted by atomic mass is 10.1. The zero-order chi connectivity index (χ0) is 16.2. The van der Waals surface area contributed by atoms with E-state index in [0.717, 1.165) is 11.3 Å². The van der Waals surface area contributed by atoms with Crippen molar-refractivity contribution >= 4 is 33.8 Å². The number of esters is 1. The Morgan fingerprint density at radius 1 is 1.38 bits per heavy atom. The van der Waals surface area contributed by atoms with Crippen LogP contribution in [0.15, 0.2) is 0 Å². The third kappa shape index (κ3) is 4.13. The summed E-state index contributed by atoms with van der Waals surface area (Å²) >= 11 is 0.899. The van der Waals surface area contributed by atoms with E-state index in [-0.39, 0.29) is 39.4 Å². The highest BCUT2D eigenvalue weighted by Crippen LogP contribution is 2.37. The van der Waals surface area contributed by atoms with Crippen molar-refractivity contribution in [3.63, 3.8) is 0 Å². The van der Waals surface area contributed by atoms with Crippen LogP contribution in [0.25, 0.3) is 0 Å². The number of nitrogens with one attached hydrogen (secondary N) is 1. The van der Waals surface area contributed by atoms with Crippen molar-refractivity contribution in [3.05, 3.63) is 10.4 Å². The van der Waals surface area contributed by atoms with Crippen LogP contribution < -0.4 is 11.1 Å². The molecule has 0 atom stereocenters. The fourth-order valence-electron chi connectivity index (χ4n) is 1.59. The molecule has 0 saturated carbocycles. The topological polar surface area (TPSA) is 81.4 Å². The molecule has 0 unspecified atom stereocenters. The number of thiophene rings is 1. The Hall–Kier alpha value is -1.70. The van der Waals surface area contributed by atoms with Gasteiger partial charge in [0.15, 0.2) is 5.78 Å². The average Bonchev–Trinajstić information content (AvgIpc) is 2.72. The fraction of sp³-hybridized carbons (Fsp3) is 0.538. The number of nitrogen functional groups attached to an aromatic ring is 1. The van der Waals surface area contributed by atoms with Gasteiger partial charge in [-0.15, -0.1) is 11.3 Å². The van der Waals surface area contributed by atoms with Crippen LogP contribution in [0, 0.1) is 5.92 Å². The lowest BCUT2D eigenvalue weighted by Crippen LogP contribution is -2.14. The molecular formula is C13H18F2N2O3S. The molecule has 0 spiro atoms. The summed E-state index contributed by atoms with van der Waals surface area (Å²) in [5.41, 5.74) is 5.77. The molecule has 0 aliphatic carbocycles. The van der Waals surface area contributed by atoms with Gasteiger partial charge in [-0.3, -0.25) is 4.79 Å². The molecule has 0 aliphatic rings. The van der Waals surface area contributed by atoms with Gasteiger partial charge < -0.3 is 15.8 Å². The fourth-order valence-corrected chi connectivity index (χ4v) is 2.79. The van der Waals surface area contributed by atoms with E-state index >= 15 is 0 Å². The van der Waals surface area contributed by atoms with E-state index in [1.165, 1.54) is 0 Å². The second-order valence-corrected chi connectivity index (χ2v) is 5.58. The van der Waals surface area contributed by atoms with E-state index in [2.05, 4.69) is 5.32 Å². The van der Waals surface area contributed by atoms with Crippen LogP contribution in [0.1, 0.15) is 40.8 Å². The molecule has 3 N–H and O–H groups in total. The third-order valence-corrected chi connectivity index (χ3v) is 3.77.